The van der Waals surface area contributed by atoms with Crippen LogP contribution in [0.3, 0.4) is 0 Å². The first kappa shape index (κ1) is 15.8. The van der Waals surface area contributed by atoms with Crippen molar-refractivity contribution in [1.82, 2.24) is 0 Å². The third-order valence-electron chi connectivity index (χ3n) is 4.46. The summed E-state index contributed by atoms with van der Waals surface area (Å²) in [4.78, 5) is 40.8. The van der Waals surface area contributed by atoms with Gasteiger partial charge in [-0.2, -0.15) is 0 Å². The highest BCUT2D eigenvalue weighted by atomic mass is 79.9. The molecule has 0 unspecified atom stereocenters. The summed E-state index contributed by atoms with van der Waals surface area (Å²) in [5, 5.41) is 0. The van der Waals surface area contributed by atoms with Crippen LogP contribution in [0.15, 0.2) is 58.6 Å². The Morgan fingerprint density at radius 3 is 2.48 bits per heavy atom. The van der Waals surface area contributed by atoms with Crippen LogP contribution in [0, 0.1) is 0 Å². The molecule has 0 radical (unpaired) electrons. The molecule has 0 N–H and O–H groups in total. The molecule has 2 aromatic rings. The van der Waals surface area contributed by atoms with Crippen molar-refractivity contribution in [2.75, 3.05) is 16.8 Å². The molecule has 0 aromatic heterocycles. The molecule has 5 nitrogen and oxygen atoms in total. The average molecular weight is 397 g/mol. The van der Waals surface area contributed by atoms with Gasteiger partial charge in [0.2, 0.25) is 5.91 Å². The topological polar surface area (TPSA) is 57.7 Å². The quantitative estimate of drug-likeness (QED) is 0.549. The number of hydrogen-bond donors (Lipinski definition) is 0. The van der Waals surface area contributed by atoms with Crippen LogP contribution >= 0.6 is 15.9 Å². The number of para-hydroxylation sites is 1. The maximum Gasteiger partial charge on any atom is 0.262 e. The molecule has 4 rings (SSSR count). The Hall–Kier alpha value is -2.73. The van der Waals surface area contributed by atoms with E-state index in [4.69, 9.17) is 0 Å². The van der Waals surface area contributed by atoms with Gasteiger partial charge in [0.15, 0.2) is 0 Å². The van der Waals surface area contributed by atoms with Crippen molar-refractivity contribution in [2.24, 2.45) is 0 Å². The Morgan fingerprint density at radius 2 is 1.72 bits per heavy atom. The number of hydrogen-bond acceptors (Lipinski definition) is 3. The van der Waals surface area contributed by atoms with E-state index in [1.165, 1.54) is 4.90 Å². The van der Waals surface area contributed by atoms with Gasteiger partial charge in [-0.3, -0.25) is 14.4 Å². The summed E-state index contributed by atoms with van der Waals surface area (Å²) < 4.78 is 0.772. The summed E-state index contributed by atoms with van der Waals surface area (Å²) >= 11 is 3.35. The third-order valence-corrected chi connectivity index (χ3v) is 4.95. The molecule has 2 aliphatic heterocycles. The van der Waals surface area contributed by atoms with Gasteiger partial charge in [-0.15, -0.1) is 0 Å². The molecule has 0 bridgehead atoms. The van der Waals surface area contributed by atoms with Gasteiger partial charge in [0.25, 0.3) is 11.8 Å². The minimum Gasteiger partial charge on any atom is -0.311 e. The maximum atomic E-state index is 12.9. The van der Waals surface area contributed by atoms with Crippen LogP contribution < -0.4 is 9.80 Å². The van der Waals surface area contributed by atoms with Crippen molar-refractivity contribution in [3.63, 3.8) is 0 Å². The highest BCUT2D eigenvalue weighted by Gasteiger charge is 2.42. The minimum absolute atomic E-state index is 0.0748. The number of carbonyl (C=O) groups excluding carboxylic acids is 3. The number of likely N-dealkylation sites (N-methyl/N-ethyl adjacent to an activating group) is 1. The number of amides is 3. The molecule has 25 heavy (non-hydrogen) atoms. The lowest BCUT2D eigenvalue weighted by atomic mass is 10.00. The van der Waals surface area contributed by atoms with E-state index in [1.54, 1.807) is 31.3 Å². The number of halogens is 1. The first-order chi connectivity index (χ1) is 12.0. The van der Waals surface area contributed by atoms with E-state index in [0.717, 1.165) is 15.1 Å². The molecule has 0 aliphatic carbocycles. The van der Waals surface area contributed by atoms with Crippen molar-refractivity contribution in [3.8, 4) is 0 Å². The number of fused-ring (bicyclic) bond motifs is 1. The first-order valence-corrected chi connectivity index (χ1v) is 8.52. The van der Waals surface area contributed by atoms with Gasteiger partial charge in [0, 0.05) is 22.7 Å². The number of benzene rings is 2. The number of carbonyl (C=O) groups is 3. The summed E-state index contributed by atoms with van der Waals surface area (Å²) in [5.41, 5.74) is 2.52. The third kappa shape index (κ3) is 2.33. The van der Waals surface area contributed by atoms with Crippen LogP contribution in [0.1, 0.15) is 12.0 Å². The van der Waals surface area contributed by atoms with E-state index >= 15 is 0 Å². The van der Waals surface area contributed by atoms with Gasteiger partial charge in [0.1, 0.15) is 0 Å². The van der Waals surface area contributed by atoms with Crippen LogP contribution in [-0.2, 0) is 14.4 Å². The van der Waals surface area contributed by atoms with E-state index in [2.05, 4.69) is 15.9 Å². The van der Waals surface area contributed by atoms with Gasteiger partial charge >= 0.3 is 0 Å². The lowest BCUT2D eigenvalue weighted by Crippen LogP contribution is -2.29. The maximum absolute atomic E-state index is 12.9. The Balaban J connectivity index is 1.85. The van der Waals surface area contributed by atoms with Gasteiger partial charge in [-0.05, 0) is 24.3 Å². The normalized spacial score (nSPS) is 19.8. The summed E-state index contributed by atoms with van der Waals surface area (Å²) in [7, 11) is 1.67. The van der Waals surface area contributed by atoms with Crippen LogP contribution in [0.2, 0.25) is 0 Å². The zero-order valence-electron chi connectivity index (χ0n) is 13.3. The van der Waals surface area contributed by atoms with Crippen LogP contribution in [-0.4, -0.2) is 24.8 Å². The highest BCUT2D eigenvalue weighted by molar-refractivity contribution is 9.10. The van der Waals surface area contributed by atoms with E-state index in [-0.39, 0.29) is 23.8 Å². The van der Waals surface area contributed by atoms with Crippen molar-refractivity contribution < 1.29 is 14.4 Å². The zero-order valence-corrected chi connectivity index (χ0v) is 14.9. The molecule has 0 atom stereocenters. The second-order valence-electron chi connectivity index (χ2n) is 5.93. The van der Waals surface area contributed by atoms with Crippen molar-refractivity contribution >= 4 is 50.6 Å². The molecule has 1 fully saturated rings. The van der Waals surface area contributed by atoms with E-state index in [1.807, 2.05) is 24.3 Å². The van der Waals surface area contributed by atoms with Gasteiger partial charge in [-0.25, -0.2) is 4.90 Å². The van der Waals surface area contributed by atoms with Crippen LogP contribution in [0.5, 0.6) is 0 Å². The fraction of sp³-hybridized carbons (Fsp3) is 0.105. The highest BCUT2D eigenvalue weighted by Crippen LogP contribution is 2.40. The predicted octanol–water partition coefficient (Wildman–Crippen LogP) is 3.14. The molecule has 1 saturated heterocycles. The lowest BCUT2D eigenvalue weighted by molar-refractivity contribution is -0.121. The van der Waals surface area contributed by atoms with Crippen LogP contribution in [0.4, 0.5) is 11.4 Å². The molecule has 2 heterocycles. The van der Waals surface area contributed by atoms with E-state index < -0.39 is 5.91 Å². The molecular weight excluding hydrogens is 384 g/mol. The van der Waals surface area contributed by atoms with Crippen molar-refractivity contribution in [1.29, 1.82) is 0 Å². The summed E-state index contributed by atoms with van der Waals surface area (Å²) in [5.74, 6) is -1.02. The zero-order chi connectivity index (χ0) is 17.7. The smallest absolute Gasteiger partial charge is 0.262 e. The Morgan fingerprint density at radius 1 is 0.960 bits per heavy atom. The van der Waals surface area contributed by atoms with Crippen molar-refractivity contribution in [3.05, 3.63) is 64.1 Å². The molecular formula is C19H13BrN2O3. The van der Waals surface area contributed by atoms with Gasteiger partial charge in [-0.1, -0.05) is 40.2 Å². The Kier molecular flexibility index (Phi) is 3.58. The fourth-order valence-electron chi connectivity index (χ4n) is 3.29. The van der Waals surface area contributed by atoms with Gasteiger partial charge in [0.05, 0.1) is 23.4 Å². The molecule has 124 valence electrons. The van der Waals surface area contributed by atoms with Crippen molar-refractivity contribution in [2.45, 2.75) is 6.42 Å². The lowest BCUT2D eigenvalue weighted by Gasteiger charge is -2.14. The fourth-order valence-corrected chi connectivity index (χ4v) is 3.67. The summed E-state index contributed by atoms with van der Waals surface area (Å²) in [6.45, 7) is 0. The monoisotopic (exact) mass is 396 g/mol. The molecule has 0 saturated carbocycles. The number of nitrogens with zero attached hydrogens (tertiary/aromatic N) is 2. The number of rotatable bonds is 1. The molecule has 3 amide bonds. The van der Waals surface area contributed by atoms with Gasteiger partial charge < -0.3 is 4.90 Å². The summed E-state index contributed by atoms with van der Waals surface area (Å²) in [6.07, 6.45) is -0.0748. The van der Waals surface area contributed by atoms with Crippen LogP contribution in [0.25, 0.3) is 5.57 Å². The number of anilines is 2. The molecule has 6 heteroatoms. The second kappa shape index (κ2) is 5.67. The van der Waals surface area contributed by atoms with E-state index in [0.29, 0.717) is 16.8 Å². The molecule has 0 spiro atoms. The largest absolute Gasteiger partial charge is 0.311 e. The average Bonchev–Trinajstić information content (AvgIpc) is 3.02. The Bertz CT molecular complexity index is 980. The van der Waals surface area contributed by atoms with E-state index in [9.17, 15) is 14.4 Å². The standard InChI is InChI=1S/C19H13BrN2O3/c1-21-15-8-3-2-7-13(15)17(19(21)25)14-10-16(23)22(18(14)24)12-6-4-5-11(20)9-12/h2-9H,10H2,1H3/b17-14-. The first-order valence-electron chi connectivity index (χ1n) is 7.72. The summed E-state index contributed by atoms with van der Waals surface area (Å²) in [6, 6.07) is 14.3. The predicted molar refractivity (Wildman–Crippen MR) is 98.0 cm³/mol. The second-order valence-corrected chi connectivity index (χ2v) is 6.84. The minimum atomic E-state index is -0.434. The molecule has 2 aromatic carbocycles. The molecule has 2 aliphatic rings. The number of imide groups is 1. The Labute approximate surface area is 152 Å². The SMILES string of the molecule is CN1C(=O)/C(=C2/CC(=O)N(c3cccc(Br)c3)C2=O)c2ccccc21.